The molecule has 1 atom stereocenters. The van der Waals surface area contributed by atoms with Crippen LogP contribution in [0.25, 0.3) is 0 Å². The van der Waals surface area contributed by atoms with Gasteiger partial charge in [0.2, 0.25) is 5.91 Å². The van der Waals surface area contributed by atoms with Gasteiger partial charge < -0.3 is 14.9 Å². The van der Waals surface area contributed by atoms with Gasteiger partial charge in [0.25, 0.3) is 5.91 Å². The SMILES string of the molecule is O=C(O)C(F)(F)F.O=C(c1ccccn1)N1CCCC2(CCN(c3cncnc3)C2=O)C1. The number of pyridine rings is 1. The van der Waals surface area contributed by atoms with Gasteiger partial charge in [-0.25, -0.2) is 14.8 Å². The number of carbonyl (C=O) groups excluding carboxylic acids is 2. The molecule has 1 spiro atoms. The molecule has 2 fully saturated rings. The molecular formula is C20H20F3N5O4. The lowest BCUT2D eigenvalue weighted by molar-refractivity contribution is -0.192. The fraction of sp³-hybridized carbons (Fsp3) is 0.400. The molecule has 0 aliphatic carbocycles. The van der Waals surface area contributed by atoms with Crippen molar-refractivity contribution in [3.63, 3.8) is 0 Å². The molecule has 2 saturated heterocycles. The number of carboxylic acid groups (broad SMARTS) is 1. The first-order valence-electron chi connectivity index (χ1n) is 9.71. The van der Waals surface area contributed by atoms with E-state index in [0.29, 0.717) is 25.3 Å². The van der Waals surface area contributed by atoms with Crippen LogP contribution in [0.15, 0.2) is 43.1 Å². The summed E-state index contributed by atoms with van der Waals surface area (Å²) in [6.45, 7) is 1.75. The highest BCUT2D eigenvalue weighted by atomic mass is 19.4. The first-order chi connectivity index (χ1) is 15.1. The lowest BCUT2D eigenvalue weighted by Crippen LogP contribution is -2.50. The largest absolute Gasteiger partial charge is 0.490 e. The van der Waals surface area contributed by atoms with Crippen molar-refractivity contribution in [3.05, 3.63) is 48.8 Å². The van der Waals surface area contributed by atoms with E-state index in [1.54, 1.807) is 46.6 Å². The molecule has 4 heterocycles. The van der Waals surface area contributed by atoms with E-state index in [-0.39, 0.29) is 11.8 Å². The van der Waals surface area contributed by atoms with E-state index in [2.05, 4.69) is 15.0 Å². The maximum absolute atomic E-state index is 13.1. The van der Waals surface area contributed by atoms with Crippen molar-refractivity contribution in [2.45, 2.75) is 25.4 Å². The van der Waals surface area contributed by atoms with E-state index in [1.807, 2.05) is 0 Å². The Labute approximate surface area is 180 Å². The summed E-state index contributed by atoms with van der Waals surface area (Å²) in [7, 11) is 0. The first-order valence-corrected chi connectivity index (χ1v) is 9.71. The Bertz CT molecular complexity index is 974. The van der Waals surface area contributed by atoms with E-state index in [0.717, 1.165) is 24.9 Å². The van der Waals surface area contributed by atoms with Crippen LogP contribution in [0.1, 0.15) is 29.8 Å². The molecular weight excluding hydrogens is 431 g/mol. The normalized spacial score (nSPS) is 20.7. The van der Waals surface area contributed by atoms with Crippen LogP contribution in [0.4, 0.5) is 18.9 Å². The molecule has 0 aromatic carbocycles. The Hall–Kier alpha value is -3.57. The molecule has 9 nitrogen and oxygen atoms in total. The standard InChI is InChI=1S/C18H19N5O2.C2HF3O2/c24-16(15-4-1-2-7-21-15)22-8-3-5-18(12-22)6-9-23(17(18)25)14-10-19-13-20-11-14;3-2(4,5)1(6)7/h1-2,4,7,10-11,13H,3,5-6,8-9,12H2;(H,6,7). The number of halogens is 3. The quantitative estimate of drug-likeness (QED) is 0.744. The molecule has 0 saturated carbocycles. The molecule has 2 aromatic heterocycles. The van der Waals surface area contributed by atoms with Gasteiger partial charge in [-0.15, -0.1) is 0 Å². The fourth-order valence-electron chi connectivity index (χ4n) is 3.83. The van der Waals surface area contributed by atoms with Crippen LogP contribution in [0.2, 0.25) is 0 Å². The Balaban J connectivity index is 0.000000360. The van der Waals surface area contributed by atoms with Crippen LogP contribution in [0, 0.1) is 5.41 Å². The van der Waals surface area contributed by atoms with Crippen molar-refractivity contribution < 1.29 is 32.7 Å². The van der Waals surface area contributed by atoms with Gasteiger partial charge >= 0.3 is 12.1 Å². The summed E-state index contributed by atoms with van der Waals surface area (Å²) < 4.78 is 31.7. The monoisotopic (exact) mass is 451 g/mol. The topological polar surface area (TPSA) is 117 Å². The summed E-state index contributed by atoms with van der Waals surface area (Å²) in [6, 6.07) is 5.31. The predicted molar refractivity (Wildman–Crippen MR) is 105 cm³/mol. The molecule has 170 valence electrons. The van der Waals surface area contributed by atoms with Gasteiger partial charge in [0.1, 0.15) is 12.0 Å². The third-order valence-corrected chi connectivity index (χ3v) is 5.36. The molecule has 0 bridgehead atoms. The van der Waals surface area contributed by atoms with Crippen molar-refractivity contribution in [2.24, 2.45) is 5.41 Å². The summed E-state index contributed by atoms with van der Waals surface area (Å²) in [5, 5.41) is 7.12. The van der Waals surface area contributed by atoms with E-state index in [4.69, 9.17) is 9.90 Å². The Kier molecular flexibility index (Phi) is 6.70. The average Bonchev–Trinajstić information content (AvgIpc) is 3.09. The predicted octanol–water partition coefficient (Wildman–Crippen LogP) is 2.16. The molecule has 1 unspecified atom stereocenters. The number of alkyl halides is 3. The highest BCUT2D eigenvalue weighted by molar-refractivity contribution is 6.00. The van der Waals surface area contributed by atoms with E-state index in [1.165, 1.54) is 6.33 Å². The van der Waals surface area contributed by atoms with Gasteiger partial charge in [-0.05, 0) is 31.4 Å². The zero-order chi connectivity index (χ0) is 23.4. The molecule has 2 aliphatic rings. The highest BCUT2D eigenvalue weighted by Gasteiger charge is 2.50. The van der Waals surface area contributed by atoms with Gasteiger partial charge in [0, 0.05) is 25.8 Å². The van der Waals surface area contributed by atoms with Gasteiger partial charge in [-0.1, -0.05) is 6.07 Å². The molecule has 0 radical (unpaired) electrons. The summed E-state index contributed by atoms with van der Waals surface area (Å²) in [5.74, 6) is -2.79. The van der Waals surface area contributed by atoms with Gasteiger partial charge in [-0.2, -0.15) is 13.2 Å². The van der Waals surface area contributed by atoms with Gasteiger partial charge in [0.05, 0.1) is 23.5 Å². The lowest BCUT2D eigenvalue weighted by atomic mass is 9.78. The number of piperidine rings is 1. The van der Waals surface area contributed by atoms with Crippen LogP contribution in [-0.2, 0) is 9.59 Å². The zero-order valence-corrected chi connectivity index (χ0v) is 16.8. The van der Waals surface area contributed by atoms with E-state index < -0.39 is 17.6 Å². The van der Waals surface area contributed by atoms with Crippen molar-refractivity contribution in [1.82, 2.24) is 19.9 Å². The summed E-state index contributed by atoms with van der Waals surface area (Å²) in [6.07, 6.45) is 3.67. The highest BCUT2D eigenvalue weighted by Crippen LogP contribution is 2.41. The molecule has 32 heavy (non-hydrogen) atoms. The second kappa shape index (κ2) is 9.28. The third kappa shape index (κ3) is 5.01. The van der Waals surface area contributed by atoms with Crippen LogP contribution in [0.3, 0.4) is 0 Å². The molecule has 2 aliphatic heterocycles. The second-order valence-electron chi connectivity index (χ2n) is 7.43. The zero-order valence-electron chi connectivity index (χ0n) is 16.8. The Morgan fingerprint density at radius 1 is 1.09 bits per heavy atom. The van der Waals surface area contributed by atoms with Crippen LogP contribution >= 0.6 is 0 Å². The van der Waals surface area contributed by atoms with Gasteiger partial charge in [-0.3, -0.25) is 14.6 Å². The second-order valence-corrected chi connectivity index (χ2v) is 7.43. The number of amides is 2. The maximum Gasteiger partial charge on any atom is 0.490 e. The Morgan fingerprint density at radius 3 is 2.38 bits per heavy atom. The number of hydrogen-bond donors (Lipinski definition) is 1. The molecule has 2 aromatic rings. The van der Waals surface area contributed by atoms with Crippen LogP contribution in [0.5, 0.6) is 0 Å². The number of carboxylic acids is 1. The molecule has 2 amide bonds. The molecule has 1 N–H and O–H groups in total. The smallest absolute Gasteiger partial charge is 0.475 e. The van der Waals surface area contributed by atoms with Crippen LogP contribution in [-0.4, -0.2) is 68.6 Å². The number of nitrogens with zero attached hydrogens (tertiary/aromatic N) is 5. The first kappa shape index (κ1) is 23.1. The van der Waals surface area contributed by atoms with Crippen molar-refractivity contribution >= 4 is 23.5 Å². The van der Waals surface area contributed by atoms with Gasteiger partial charge in [0.15, 0.2) is 0 Å². The van der Waals surface area contributed by atoms with E-state index >= 15 is 0 Å². The maximum atomic E-state index is 13.1. The minimum Gasteiger partial charge on any atom is -0.475 e. The van der Waals surface area contributed by atoms with E-state index in [9.17, 15) is 22.8 Å². The average molecular weight is 451 g/mol. The Morgan fingerprint density at radius 2 is 1.78 bits per heavy atom. The minimum atomic E-state index is -5.08. The number of rotatable bonds is 2. The minimum absolute atomic E-state index is 0.0702. The number of likely N-dealkylation sites (tertiary alicyclic amines) is 1. The number of aliphatic carboxylic acids is 1. The number of anilines is 1. The third-order valence-electron chi connectivity index (χ3n) is 5.36. The molecule has 12 heteroatoms. The van der Waals surface area contributed by atoms with Crippen molar-refractivity contribution in [3.8, 4) is 0 Å². The lowest BCUT2D eigenvalue weighted by Gasteiger charge is -2.38. The van der Waals surface area contributed by atoms with Crippen molar-refractivity contribution in [1.29, 1.82) is 0 Å². The van der Waals surface area contributed by atoms with Crippen molar-refractivity contribution in [2.75, 3.05) is 24.5 Å². The summed E-state index contributed by atoms with van der Waals surface area (Å²) >= 11 is 0. The fourth-order valence-corrected chi connectivity index (χ4v) is 3.83. The molecule has 4 rings (SSSR count). The summed E-state index contributed by atoms with van der Waals surface area (Å²) in [4.78, 5) is 50.4. The number of carbonyl (C=O) groups is 3. The van der Waals surface area contributed by atoms with Crippen LogP contribution < -0.4 is 4.90 Å². The number of hydrogen-bond acceptors (Lipinski definition) is 6. The summed E-state index contributed by atoms with van der Waals surface area (Å²) in [5.41, 5.74) is 0.647. The number of aromatic nitrogens is 3.